The monoisotopic (exact) mass is 317 g/mol. The SMILES string of the molecule is COc1ccc(Cl)cc1-c1nc(C)c(Br)s1. The number of ether oxygens (including phenoxy) is 1. The third-order valence-corrected chi connectivity index (χ3v) is 4.41. The van der Waals surface area contributed by atoms with E-state index in [1.165, 1.54) is 0 Å². The average Bonchev–Trinajstić information content (AvgIpc) is 2.59. The fourth-order valence-corrected chi connectivity index (χ4v) is 2.88. The Labute approximate surface area is 111 Å². The maximum Gasteiger partial charge on any atom is 0.129 e. The lowest BCUT2D eigenvalue weighted by Crippen LogP contribution is -1.87. The van der Waals surface area contributed by atoms with Gasteiger partial charge in [-0.2, -0.15) is 0 Å². The van der Waals surface area contributed by atoms with Gasteiger partial charge in [-0.1, -0.05) is 11.6 Å². The lowest BCUT2D eigenvalue weighted by Gasteiger charge is -2.05. The van der Waals surface area contributed by atoms with Gasteiger partial charge in [-0.25, -0.2) is 4.98 Å². The number of thiazole rings is 1. The minimum absolute atomic E-state index is 0.680. The molecular formula is C11H9BrClNOS. The van der Waals surface area contributed by atoms with E-state index in [-0.39, 0.29) is 0 Å². The molecule has 0 unspecified atom stereocenters. The van der Waals surface area contributed by atoms with Crippen LogP contribution >= 0.6 is 38.9 Å². The van der Waals surface area contributed by atoms with Gasteiger partial charge >= 0.3 is 0 Å². The fraction of sp³-hybridized carbons (Fsp3) is 0.182. The van der Waals surface area contributed by atoms with Gasteiger partial charge in [0.1, 0.15) is 10.8 Å². The highest BCUT2D eigenvalue weighted by molar-refractivity contribution is 9.11. The van der Waals surface area contributed by atoms with E-state index in [1.807, 2.05) is 19.1 Å². The Balaban J connectivity index is 2.57. The van der Waals surface area contributed by atoms with Crippen molar-refractivity contribution in [3.8, 4) is 16.3 Å². The van der Waals surface area contributed by atoms with E-state index in [0.29, 0.717) is 5.02 Å². The molecule has 2 rings (SSSR count). The highest BCUT2D eigenvalue weighted by Gasteiger charge is 2.12. The second-order valence-corrected chi connectivity index (χ2v) is 5.98. The zero-order valence-corrected chi connectivity index (χ0v) is 11.9. The number of rotatable bonds is 2. The van der Waals surface area contributed by atoms with Crippen molar-refractivity contribution in [2.75, 3.05) is 7.11 Å². The minimum atomic E-state index is 0.680. The second kappa shape index (κ2) is 4.73. The summed E-state index contributed by atoms with van der Waals surface area (Å²) in [5, 5.41) is 1.59. The summed E-state index contributed by atoms with van der Waals surface area (Å²) < 4.78 is 6.33. The van der Waals surface area contributed by atoms with E-state index in [9.17, 15) is 0 Å². The minimum Gasteiger partial charge on any atom is -0.496 e. The number of halogens is 2. The lowest BCUT2D eigenvalue weighted by molar-refractivity contribution is 0.416. The van der Waals surface area contributed by atoms with Crippen LogP contribution < -0.4 is 4.74 Å². The first-order chi connectivity index (χ1) is 7.61. The van der Waals surface area contributed by atoms with Crippen LogP contribution in [0.3, 0.4) is 0 Å². The van der Waals surface area contributed by atoms with Crippen LogP contribution in [0.1, 0.15) is 5.69 Å². The quantitative estimate of drug-likeness (QED) is 0.811. The van der Waals surface area contributed by atoms with Gasteiger partial charge in [0.15, 0.2) is 0 Å². The van der Waals surface area contributed by atoms with Crippen LogP contribution in [0.15, 0.2) is 22.0 Å². The topological polar surface area (TPSA) is 22.1 Å². The van der Waals surface area contributed by atoms with Crippen molar-refractivity contribution in [1.82, 2.24) is 4.98 Å². The van der Waals surface area contributed by atoms with Crippen LogP contribution in [0.4, 0.5) is 0 Å². The number of hydrogen-bond donors (Lipinski definition) is 0. The number of aryl methyl sites for hydroxylation is 1. The summed E-state index contributed by atoms with van der Waals surface area (Å²) in [5.74, 6) is 0.783. The summed E-state index contributed by atoms with van der Waals surface area (Å²) in [4.78, 5) is 4.46. The van der Waals surface area contributed by atoms with Gasteiger partial charge in [0, 0.05) is 5.02 Å². The number of benzene rings is 1. The summed E-state index contributed by atoms with van der Waals surface area (Å²) in [6.07, 6.45) is 0. The van der Waals surface area contributed by atoms with Crippen molar-refractivity contribution < 1.29 is 4.74 Å². The van der Waals surface area contributed by atoms with E-state index >= 15 is 0 Å². The van der Waals surface area contributed by atoms with Gasteiger partial charge in [-0.3, -0.25) is 0 Å². The highest BCUT2D eigenvalue weighted by Crippen LogP contribution is 2.37. The van der Waals surface area contributed by atoms with Gasteiger partial charge in [0.25, 0.3) is 0 Å². The summed E-state index contributed by atoms with van der Waals surface area (Å²) in [6, 6.07) is 5.52. The Morgan fingerprint density at radius 2 is 2.19 bits per heavy atom. The first-order valence-corrected chi connectivity index (χ1v) is 6.57. The van der Waals surface area contributed by atoms with Gasteiger partial charge in [0.05, 0.1) is 22.2 Å². The second-order valence-electron chi connectivity index (χ2n) is 3.22. The van der Waals surface area contributed by atoms with Crippen LogP contribution in [-0.4, -0.2) is 12.1 Å². The van der Waals surface area contributed by atoms with Crippen molar-refractivity contribution in [2.45, 2.75) is 6.92 Å². The molecule has 16 heavy (non-hydrogen) atoms. The van der Waals surface area contributed by atoms with E-state index in [4.69, 9.17) is 16.3 Å². The largest absolute Gasteiger partial charge is 0.496 e. The maximum atomic E-state index is 5.98. The Kier molecular flexibility index (Phi) is 3.52. The molecule has 0 aliphatic rings. The number of hydrogen-bond acceptors (Lipinski definition) is 3. The molecule has 0 saturated carbocycles. The summed E-state index contributed by atoms with van der Waals surface area (Å²) in [6.45, 7) is 1.96. The molecule has 1 heterocycles. The molecular weight excluding hydrogens is 310 g/mol. The Morgan fingerprint density at radius 3 is 2.75 bits per heavy atom. The third kappa shape index (κ3) is 2.24. The van der Waals surface area contributed by atoms with E-state index in [1.54, 1.807) is 24.5 Å². The van der Waals surface area contributed by atoms with Crippen molar-refractivity contribution in [1.29, 1.82) is 0 Å². The summed E-state index contributed by atoms with van der Waals surface area (Å²) >= 11 is 11.0. The zero-order valence-electron chi connectivity index (χ0n) is 8.75. The number of nitrogens with zero attached hydrogens (tertiary/aromatic N) is 1. The molecule has 0 saturated heterocycles. The highest BCUT2D eigenvalue weighted by atomic mass is 79.9. The van der Waals surface area contributed by atoms with Gasteiger partial charge in [-0.15, -0.1) is 11.3 Å². The van der Waals surface area contributed by atoms with Crippen molar-refractivity contribution in [3.05, 3.63) is 32.7 Å². The molecule has 0 bridgehead atoms. The molecule has 2 nitrogen and oxygen atoms in total. The third-order valence-electron chi connectivity index (χ3n) is 2.13. The van der Waals surface area contributed by atoms with Crippen molar-refractivity contribution in [3.63, 3.8) is 0 Å². The van der Waals surface area contributed by atoms with Crippen molar-refractivity contribution in [2.24, 2.45) is 0 Å². The van der Waals surface area contributed by atoms with Crippen LogP contribution in [0, 0.1) is 6.92 Å². The molecule has 0 atom stereocenters. The number of methoxy groups -OCH3 is 1. The molecule has 5 heteroatoms. The van der Waals surface area contributed by atoms with E-state index in [0.717, 1.165) is 25.8 Å². The first-order valence-electron chi connectivity index (χ1n) is 4.58. The van der Waals surface area contributed by atoms with E-state index < -0.39 is 0 Å². The molecule has 0 radical (unpaired) electrons. The van der Waals surface area contributed by atoms with Crippen LogP contribution in [0.5, 0.6) is 5.75 Å². The number of aromatic nitrogens is 1. The Morgan fingerprint density at radius 1 is 1.44 bits per heavy atom. The molecule has 2 aromatic rings. The molecule has 1 aromatic heterocycles. The molecule has 0 fully saturated rings. The lowest BCUT2D eigenvalue weighted by atomic mass is 10.2. The van der Waals surface area contributed by atoms with Gasteiger partial charge in [-0.05, 0) is 41.1 Å². The fourth-order valence-electron chi connectivity index (χ4n) is 1.34. The summed E-state index contributed by atoms with van der Waals surface area (Å²) in [7, 11) is 1.64. The first kappa shape index (κ1) is 11.9. The average molecular weight is 319 g/mol. The Bertz CT molecular complexity index is 507. The predicted molar refractivity (Wildman–Crippen MR) is 71.5 cm³/mol. The molecule has 84 valence electrons. The summed E-state index contributed by atoms with van der Waals surface area (Å²) in [5.41, 5.74) is 1.90. The molecule has 0 N–H and O–H groups in total. The zero-order chi connectivity index (χ0) is 11.7. The van der Waals surface area contributed by atoms with Crippen LogP contribution in [0.25, 0.3) is 10.6 Å². The van der Waals surface area contributed by atoms with Gasteiger partial charge in [0.2, 0.25) is 0 Å². The van der Waals surface area contributed by atoms with Gasteiger partial charge < -0.3 is 4.74 Å². The molecule has 0 aliphatic carbocycles. The Hall–Kier alpha value is -0.580. The van der Waals surface area contributed by atoms with E-state index in [2.05, 4.69) is 20.9 Å². The standard InChI is InChI=1S/C11H9BrClNOS/c1-6-10(12)16-11(14-6)8-5-7(13)3-4-9(8)15-2/h3-5H,1-2H3. The molecule has 1 aromatic carbocycles. The molecule has 0 amide bonds. The van der Waals surface area contributed by atoms with Crippen molar-refractivity contribution >= 4 is 38.9 Å². The smallest absolute Gasteiger partial charge is 0.129 e. The maximum absolute atomic E-state index is 5.98. The predicted octanol–water partition coefficient (Wildman–Crippen LogP) is 4.54. The van der Waals surface area contributed by atoms with Crippen LogP contribution in [0.2, 0.25) is 5.02 Å². The normalized spacial score (nSPS) is 10.5. The molecule has 0 aliphatic heterocycles. The molecule has 0 spiro atoms. The van der Waals surface area contributed by atoms with Crippen LogP contribution in [-0.2, 0) is 0 Å².